The van der Waals surface area contributed by atoms with Crippen LogP contribution in [0.2, 0.25) is 0 Å². The van der Waals surface area contributed by atoms with Gasteiger partial charge in [0, 0.05) is 19.2 Å². The summed E-state index contributed by atoms with van der Waals surface area (Å²) in [5, 5.41) is 5.82. The molecule has 0 atom stereocenters. The van der Waals surface area contributed by atoms with Crippen LogP contribution in [0.1, 0.15) is 49.4 Å². The van der Waals surface area contributed by atoms with Crippen molar-refractivity contribution in [1.29, 1.82) is 0 Å². The second-order valence-electron chi connectivity index (χ2n) is 5.49. The van der Waals surface area contributed by atoms with Crippen LogP contribution < -0.4 is 15.4 Å². The lowest BCUT2D eigenvalue weighted by Gasteiger charge is -2.10. The van der Waals surface area contributed by atoms with E-state index in [4.69, 9.17) is 21.7 Å². The quantitative estimate of drug-likeness (QED) is 0.473. The van der Waals surface area contributed by atoms with E-state index in [9.17, 15) is 4.79 Å². The van der Waals surface area contributed by atoms with Crippen molar-refractivity contribution >= 4 is 23.2 Å². The first-order valence-corrected chi connectivity index (χ1v) is 8.89. The van der Waals surface area contributed by atoms with Crippen molar-refractivity contribution in [3.8, 4) is 5.75 Å². The molecule has 2 N–H and O–H groups in total. The number of benzene rings is 1. The van der Waals surface area contributed by atoms with Gasteiger partial charge in [0.25, 0.3) is 5.91 Å². The van der Waals surface area contributed by atoms with Gasteiger partial charge in [-0.25, -0.2) is 0 Å². The van der Waals surface area contributed by atoms with Crippen LogP contribution in [0.25, 0.3) is 0 Å². The summed E-state index contributed by atoms with van der Waals surface area (Å²) < 4.78 is 10.6. The minimum atomic E-state index is -0.240. The van der Waals surface area contributed by atoms with Crippen LogP contribution in [0.4, 0.5) is 0 Å². The Morgan fingerprint density at radius 2 is 1.79 bits per heavy atom. The molecule has 0 fully saturated rings. The highest BCUT2D eigenvalue weighted by Crippen LogP contribution is 2.13. The number of unbranched alkanes of at least 4 members (excludes halogenated alkanes) is 4. The van der Waals surface area contributed by atoms with Gasteiger partial charge in [0.15, 0.2) is 5.11 Å². The van der Waals surface area contributed by atoms with Gasteiger partial charge in [0.1, 0.15) is 5.75 Å². The van der Waals surface area contributed by atoms with Crippen LogP contribution in [0.5, 0.6) is 5.75 Å². The zero-order valence-electron chi connectivity index (χ0n) is 14.6. The Labute approximate surface area is 150 Å². The average Bonchev–Trinajstić information content (AvgIpc) is 2.58. The maximum Gasteiger partial charge on any atom is 0.257 e. The molecule has 0 radical (unpaired) electrons. The molecule has 0 aliphatic heterocycles. The van der Waals surface area contributed by atoms with Gasteiger partial charge >= 0.3 is 0 Å². The number of carbonyl (C=O) groups excluding carboxylic acids is 1. The summed E-state index contributed by atoms with van der Waals surface area (Å²) in [6, 6.07) is 7.09. The van der Waals surface area contributed by atoms with E-state index in [2.05, 4.69) is 17.6 Å². The van der Waals surface area contributed by atoms with Crippen molar-refractivity contribution in [3.05, 3.63) is 29.8 Å². The van der Waals surface area contributed by atoms with Gasteiger partial charge in [0.2, 0.25) is 0 Å². The van der Waals surface area contributed by atoms with Crippen LogP contribution >= 0.6 is 12.2 Å². The number of hydrogen-bond acceptors (Lipinski definition) is 4. The number of methoxy groups -OCH3 is 1. The SMILES string of the molecule is CCCCCCCOc1ccc(C(=O)NC(=S)NCCOC)cc1. The average molecular weight is 353 g/mol. The van der Waals surface area contributed by atoms with E-state index >= 15 is 0 Å². The highest BCUT2D eigenvalue weighted by Gasteiger charge is 2.07. The predicted molar refractivity (Wildman–Crippen MR) is 101 cm³/mol. The zero-order valence-corrected chi connectivity index (χ0v) is 15.4. The third-order valence-electron chi connectivity index (χ3n) is 3.45. The summed E-state index contributed by atoms with van der Waals surface area (Å²) in [5.74, 6) is 0.541. The lowest BCUT2D eigenvalue weighted by Crippen LogP contribution is -2.40. The summed E-state index contributed by atoms with van der Waals surface area (Å²) in [4.78, 5) is 12.0. The minimum absolute atomic E-state index is 0.240. The topological polar surface area (TPSA) is 59.6 Å². The molecule has 0 spiro atoms. The second-order valence-corrected chi connectivity index (χ2v) is 5.90. The standard InChI is InChI=1S/C18H28N2O3S/c1-3-4-5-6-7-13-23-16-10-8-15(9-11-16)17(21)20-18(24)19-12-14-22-2/h8-11H,3-7,12-14H2,1-2H3,(H2,19,20,21,24). The van der Waals surface area contributed by atoms with Crippen LogP contribution in [0, 0.1) is 0 Å². The molecule has 0 aromatic heterocycles. The third-order valence-corrected chi connectivity index (χ3v) is 3.70. The summed E-state index contributed by atoms with van der Waals surface area (Å²) in [7, 11) is 1.61. The molecule has 1 amide bonds. The van der Waals surface area contributed by atoms with Gasteiger partial charge < -0.3 is 14.8 Å². The number of thiocarbonyl (C=S) groups is 1. The molecule has 1 rings (SSSR count). The van der Waals surface area contributed by atoms with Crippen LogP contribution in [0.3, 0.4) is 0 Å². The largest absolute Gasteiger partial charge is 0.494 e. The van der Waals surface area contributed by atoms with Crippen molar-refractivity contribution in [2.75, 3.05) is 26.9 Å². The van der Waals surface area contributed by atoms with Gasteiger partial charge in [-0.3, -0.25) is 10.1 Å². The Morgan fingerprint density at radius 3 is 2.46 bits per heavy atom. The van der Waals surface area contributed by atoms with Crippen LogP contribution in [-0.2, 0) is 4.74 Å². The Bertz CT molecular complexity index is 492. The number of amides is 1. The summed E-state index contributed by atoms with van der Waals surface area (Å²) in [6.45, 7) is 4.00. The molecule has 0 aliphatic carbocycles. The van der Waals surface area contributed by atoms with Crippen molar-refractivity contribution < 1.29 is 14.3 Å². The lowest BCUT2D eigenvalue weighted by atomic mass is 10.2. The normalized spacial score (nSPS) is 10.2. The van der Waals surface area contributed by atoms with Crippen molar-refractivity contribution in [2.24, 2.45) is 0 Å². The summed E-state index contributed by atoms with van der Waals surface area (Å²) in [6.07, 6.45) is 6.05. The molecule has 1 aromatic rings. The first kappa shape index (κ1) is 20.4. The minimum Gasteiger partial charge on any atom is -0.494 e. The Kier molecular flexibility index (Phi) is 10.8. The molecular weight excluding hydrogens is 324 g/mol. The fourth-order valence-corrected chi connectivity index (χ4v) is 2.28. The van der Waals surface area contributed by atoms with Gasteiger partial charge in [-0.05, 0) is 42.9 Å². The summed E-state index contributed by atoms with van der Waals surface area (Å²) in [5.41, 5.74) is 0.543. The fourth-order valence-electron chi connectivity index (χ4n) is 2.08. The van der Waals surface area contributed by atoms with Gasteiger partial charge in [-0.2, -0.15) is 0 Å². The van der Waals surface area contributed by atoms with Crippen molar-refractivity contribution in [2.45, 2.75) is 39.0 Å². The molecule has 134 valence electrons. The summed E-state index contributed by atoms with van der Waals surface area (Å²) >= 11 is 5.05. The Hall–Kier alpha value is -1.66. The monoisotopic (exact) mass is 352 g/mol. The van der Waals surface area contributed by atoms with E-state index in [1.807, 2.05) is 12.1 Å². The zero-order chi connectivity index (χ0) is 17.6. The van der Waals surface area contributed by atoms with Crippen LogP contribution in [0.15, 0.2) is 24.3 Å². The van der Waals surface area contributed by atoms with Crippen molar-refractivity contribution in [1.82, 2.24) is 10.6 Å². The maximum atomic E-state index is 12.0. The van der Waals surface area contributed by atoms with Crippen molar-refractivity contribution in [3.63, 3.8) is 0 Å². The molecule has 0 saturated heterocycles. The highest BCUT2D eigenvalue weighted by atomic mass is 32.1. The van der Waals surface area contributed by atoms with E-state index in [0.717, 1.165) is 12.2 Å². The van der Waals surface area contributed by atoms with E-state index in [1.165, 1.54) is 25.7 Å². The lowest BCUT2D eigenvalue weighted by molar-refractivity contribution is 0.0976. The molecule has 0 bridgehead atoms. The highest BCUT2D eigenvalue weighted by molar-refractivity contribution is 7.80. The number of rotatable bonds is 11. The number of ether oxygens (including phenoxy) is 2. The first-order chi connectivity index (χ1) is 11.7. The third kappa shape index (κ3) is 8.84. The molecule has 0 aliphatic rings. The molecular formula is C18H28N2O3S. The molecule has 5 nitrogen and oxygen atoms in total. The van der Waals surface area contributed by atoms with Gasteiger partial charge in [-0.1, -0.05) is 32.6 Å². The molecule has 0 unspecified atom stereocenters. The van der Waals surface area contributed by atoms with E-state index in [1.54, 1.807) is 19.2 Å². The van der Waals surface area contributed by atoms with E-state index < -0.39 is 0 Å². The van der Waals surface area contributed by atoms with E-state index in [0.29, 0.717) is 30.4 Å². The Balaban J connectivity index is 2.30. The smallest absolute Gasteiger partial charge is 0.257 e. The molecule has 24 heavy (non-hydrogen) atoms. The van der Waals surface area contributed by atoms with Gasteiger partial charge in [0.05, 0.1) is 13.2 Å². The maximum absolute atomic E-state index is 12.0. The Morgan fingerprint density at radius 1 is 1.08 bits per heavy atom. The molecule has 0 heterocycles. The molecule has 0 saturated carbocycles. The van der Waals surface area contributed by atoms with Crippen LogP contribution in [-0.4, -0.2) is 37.9 Å². The van der Waals surface area contributed by atoms with E-state index in [-0.39, 0.29) is 5.91 Å². The number of nitrogens with one attached hydrogen (secondary N) is 2. The first-order valence-electron chi connectivity index (χ1n) is 8.48. The molecule has 1 aromatic carbocycles. The predicted octanol–water partition coefficient (Wildman–Crippen LogP) is 3.29. The number of carbonyl (C=O) groups is 1. The van der Waals surface area contributed by atoms with Gasteiger partial charge in [-0.15, -0.1) is 0 Å². The second kappa shape index (κ2) is 12.7. The fraction of sp³-hybridized carbons (Fsp3) is 0.556. The number of hydrogen-bond donors (Lipinski definition) is 2. The molecule has 6 heteroatoms.